The quantitative estimate of drug-likeness (QED) is 0.793. The molecule has 94 valence electrons. The van der Waals surface area contributed by atoms with Crippen molar-refractivity contribution in [2.24, 2.45) is 0 Å². The molecule has 0 radical (unpaired) electrons. The number of Topliss-reactive ketones (excluding diaryl/α,β-unsaturated/α-hetero) is 1. The molecule has 1 saturated heterocycles. The van der Waals surface area contributed by atoms with Crippen LogP contribution in [0.15, 0.2) is 12.1 Å². The molecule has 1 aromatic rings. The fourth-order valence-corrected chi connectivity index (χ4v) is 3.14. The highest BCUT2D eigenvalue weighted by Crippen LogP contribution is 2.28. The van der Waals surface area contributed by atoms with E-state index in [4.69, 9.17) is 16.3 Å². The van der Waals surface area contributed by atoms with Crippen molar-refractivity contribution in [1.29, 1.82) is 0 Å². The Bertz CT molecular complexity index is 410. The molecule has 0 aliphatic carbocycles. The molecule has 0 atom stereocenters. The van der Waals surface area contributed by atoms with Gasteiger partial charge in [-0.25, -0.2) is 0 Å². The van der Waals surface area contributed by atoms with E-state index in [2.05, 4.69) is 4.90 Å². The molecule has 2 heterocycles. The standard InChI is InChI=1S/C12H16ClNO2S/c1-12(2,14-5-7-16-8-6-14)11(15)9-3-4-10(13)17-9/h3-4H,5-8H2,1-2H3. The Morgan fingerprint density at radius 2 is 2.06 bits per heavy atom. The molecule has 0 amide bonds. The number of nitrogens with zero attached hydrogens (tertiary/aromatic N) is 1. The number of ketones is 1. The lowest BCUT2D eigenvalue weighted by atomic mass is 9.95. The monoisotopic (exact) mass is 273 g/mol. The Morgan fingerprint density at radius 3 is 2.59 bits per heavy atom. The Kier molecular flexibility index (Phi) is 3.88. The third-order valence-electron chi connectivity index (χ3n) is 3.15. The molecule has 0 saturated carbocycles. The third-order valence-corrected chi connectivity index (χ3v) is 4.38. The molecule has 2 rings (SSSR count). The zero-order valence-corrected chi connectivity index (χ0v) is 11.6. The zero-order valence-electron chi connectivity index (χ0n) is 10.0. The van der Waals surface area contributed by atoms with Crippen LogP contribution in [-0.2, 0) is 4.74 Å². The average Bonchev–Trinajstić information content (AvgIpc) is 2.76. The first kappa shape index (κ1) is 13.0. The molecule has 5 heteroatoms. The van der Waals surface area contributed by atoms with E-state index in [-0.39, 0.29) is 5.78 Å². The zero-order chi connectivity index (χ0) is 12.5. The summed E-state index contributed by atoms with van der Waals surface area (Å²) in [4.78, 5) is 15.3. The first-order valence-electron chi connectivity index (χ1n) is 5.65. The van der Waals surface area contributed by atoms with E-state index in [1.807, 2.05) is 13.8 Å². The Hall–Kier alpha value is -0.420. The number of hydrogen-bond acceptors (Lipinski definition) is 4. The van der Waals surface area contributed by atoms with Crippen LogP contribution >= 0.6 is 22.9 Å². The SMILES string of the molecule is CC(C)(C(=O)c1ccc(Cl)s1)N1CCOCC1. The van der Waals surface area contributed by atoms with Gasteiger partial charge in [0.05, 0.1) is 28.0 Å². The average molecular weight is 274 g/mol. The van der Waals surface area contributed by atoms with Gasteiger partial charge in [0.25, 0.3) is 0 Å². The van der Waals surface area contributed by atoms with E-state index in [0.717, 1.165) is 18.0 Å². The van der Waals surface area contributed by atoms with Crippen molar-refractivity contribution in [3.05, 3.63) is 21.3 Å². The van der Waals surface area contributed by atoms with Crippen molar-refractivity contribution in [3.63, 3.8) is 0 Å². The van der Waals surface area contributed by atoms with E-state index in [9.17, 15) is 4.79 Å². The lowest BCUT2D eigenvalue weighted by Crippen LogP contribution is -2.54. The number of carbonyl (C=O) groups excluding carboxylic acids is 1. The van der Waals surface area contributed by atoms with Crippen molar-refractivity contribution >= 4 is 28.7 Å². The molecule has 0 aromatic carbocycles. The number of hydrogen-bond donors (Lipinski definition) is 0. The van der Waals surface area contributed by atoms with Crippen LogP contribution in [0, 0.1) is 0 Å². The molecule has 3 nitrogen and oxygen atoms in total. The number of rotatable bonds is 3. The molecule has 17 heavy (non-hydrogen) atoms. The molecule has 1 aliphatic heterocycles. The summed E-state index contributed by atoms with van der Waals surface area (Å²) in [5.74, 6) is 0.135. The van der Waals surface area contributed by atoms with Gasteiger partial charge in [-0.15, -0.1) is 11.3 Å². The van der Waals surface area contributed by atoms with Gasteiger partial charge in [0, 0.05) is 13.1 Å². The second-order valence-electron chi connectivity index (χ2n) is 4.59. The molecule has 1 aromatic heterocycles. The normalized spacial score (nSPS) is 18.3. The summed E-state index contributed by atoms with van der Waals surface area (Å²) in [6.45, 7) is 6.93. The van der Waals surface area contributed by atoms with E-state index in [1.165, 1.54) is 11.3 Å². The van der Waals surface area contributed by atoms with Crippen molar-refractivity contribution < 1.29 is 9.53 Å². The first-order valence-corrected chi connectivity index (χ1v) is 6.84. The number of morpholine rings is 1. The van der Waals surface area contributed by atoms with Crippen LogP contribution < -0.4 is 0 Å². The van der Waals surface area contributed by atoms with Crippen molar-refractivity contribution in [3.8, 4) is 0 Å². The summed E-state index contributed by atoms with van der Waals surface area (Å²) in [6, 6.07) is 3.58. The molecule has 0 spiro atoms. The second-order valence-corrected chi connectivity index (χ2v) is 6.31. The van der Waals surface area contributed by atoms with Crippen LogP contribution in [0.3, 0.4) is 0 Å². The maximum atomic E-state index is 12.4. The lowest BCUT2D eigenvalue weighted by Gasteiger charge is -2.39. The Labute approximate surface area is 110 Å². The minimum atomic E-state index is -0.488. The van der Waals surface area contributed by atoms with Gasteiger partial charge in [-0.05, 0) is 26.0 Å². The van der Waals surface area contributed by atoms with Gasteiger partial charge >= 0.3 is 0 Å². The lowest BCUT2D eigenvalue weighted by molar-refractivity contribution is -0.00414. The molecular weight excluding hydrogens is 258 g/mol. The fourth-order valence-electron chi connectivity index (χ4n) is 2.00. The predicted octanol–water partition coefficient (Wildman–Crippen LogP) is 2.70. The molecule has 0 N–H and O–H groups in total. The van der Waals surface area contributed by atoms with Crippen LogP contribution in [0.1, 0.15) is 23.5 Å². The highest BCUT2D eigenvalue weighted by molar-refractivity contribution is 7.18. The van der Waals surface area contributed by atoms with Gasteiger partial charge in [0.1, 0.15) is 0 Å². The minimum Gasteiger partial charge on any atom is -0.379 e. The molecule has 0 bridgehead atoms. The van der Waals surface area contributed by atoms with Crippen LogP contribution in [0.25, 0.3) is 0 Å². The molecule has 1 aliphatic rings. The smallest absolute Gasteiger partial charge is 0.192 e. The summed E-state index contributed by atoms with van der Waals surface area (Å²) in [6.07, 6.45) is 0. The summed E-state index contributed by atoms with van der Waals surface area (Å²) < 4.78 is 5.97. The van der Waals surface area contributed by atoms with Crippen molar-refractivity contribution in [1.82, 2.24) is 4.90 Å². The van der Waals surface area contributed by atoms with Gasteiger partial charge in [-0.2, -0.15) is 0 Å². The number of thiophene rings is 1. The van der Waals surface area contributed by atoms with E-state index in [0.29, 0.717) is 17.6 Å². The number of halogens is 1. The largest absolute Gasteiger partial charge is 0.379 e. The van der Waals surface area contributed by atoms with Gasteiger partial charge in [0.15, 0.2) is 5.78 Å². The maximum Gasteiger partial charge on any atom is 0.192 e. The van der Waals surface area contributed by atoms with Crippen molar-refractivity contribution in [2.45, 2.75) is 19.4 Å². The Morgan fingerprint density at radius 1 is 1.41 bits per heavy atom. The molecule has 0 unspecified atom stereocenters. The summed E-state index contributed by atoms with van der Waals surface area (Å²) in [5, 5.41) is 0. The topological polar surface area (TPSA) is 29.5 Å². The van der Waals surface area contributed by atoms with Crippen LogP contribution in [-0.4, -0.2) is 42.5 Å². The fraction of sp³-hybridized carbons (Fsp3) is 0.583. The Balaban J connectivity index is 2.16. The van der Waals surface area contributed by atoms with Crippen molar-refractivity contribution in [2.75, 3.05) is 26.3 Å². The van der Waals surface area contributed by atoms with E-state index in [1.54, 1.807) is 12.1 Å². The minimum absolute atomic E-state index is 0.135. The van der Waals surface area contributed by atoms with Gasteiger partial charge < -0.3 is 4.74 Å². The summed E-state index contributed by atoms with van der Waals surface area (Å²) >= 11 is 7.22. The van der Waals surface area contributed by atoms with E-state index >= 15 is 0 Å². The maximum absolute atomic E-state index is 12.4. The highest BCUT2D eigenvalue weighted by Gasteiger charge is 2.36. The second kappa shape index (κ2) is 5.06. The van der Waals surface area contributed by atoms with Crippen LogP contribution in [0.5, 0.6) is 0 Å². The molecular formula is C12H16ClNO2S. The van der Waals surface area contributed by atoms with Gasteiger partial charge in [0.2, 0.25) is 0 Å². The third kappa shape index (κ3) is 2.71. The highest BCUT2D eigenvalue weighted by atomic mass is 35.5. The number of ether oxygens (including phenoxy) is 1. The summed E-state index contributed by atoms with van der Waals surface area (Å²) in [5.41, 5.74) is -0.488. The summed E-state index contributed by atoms with van der Waals surface area (Å²) in [7, 11) is 0. The van der Waals surface area contributed by atoms with Crippen LogP contribution in [0.4, 0.5) is 0 Å². The predicted molar refractivity (Wildman–Crippen MR) is 70.1 cm³/mol. The number of carbonyl (C=O) groups is 1. The first-order chi connectivity index (χ1) is 8.01. The molecule has 1 fully saturated rings. The van der Waals surface area contributed by atoms with Gasteiger partial charge in [-0.3, -0.25) is 9.69 Å². The van der Waals surface area contributed by atoms with Gasteiger partial charge in [-0.1, -0.05) is 11.6 Å². The van der Waals surface area contributed by atoms with Crippen LogP contribution in [0.2, 0.25) is 4.34 Å². The van der Waals surface area contributed by atoms with E-state index < -0.39 is 5.54 Å².